The molecular weight excluding hydrogens is 310 g/mol. The molecule has 1 N–H and O–H groups in total. The van der Waals surface area contributed by atoms with Crippen molar-refractivity contribution in [3.05, 3.63) is 39.5 Å². The SMILES string of the molecule is COc1ccc(NCCC(=O)c2cccs2)c(OC)c1Cl. The average molecular weight is 326 g/mol. The highest BCUT2D eigenvalue weighted by Gasteiger charge is 2.13. The first kappa shape index (κ1) is 15.7. The van der Waals surface area contributed by atoms with Gasteiger partial charge in [-0.25, -0.2) is 0 Å². The van der Waals surface area contributed by atoms with Crippen LogP contribution in [0.2, 0.25) is 5.02 Å². The zero-order chi connectivity index (χ0) is 15.2. The van der Waals surface area contributed by atoms with Crippen molar-refractivity contribution in [2.45, 2.75) is 6.42 Å². The van der Waals surface area contributed by atoms with E-state index in [4.69, 9.17) is 21.1 Å². The highest BCUT2D eigenvalue weighted by Crippen LogP contribution is 2.39. The van der Waals surface area contributed by atoms with E-state index in [9.17, 15) is 4.79 Å². The lowest BCUT2D eigenvalue weighted by Crippen LogP contribution is -2.09. The number of hydrogen-bond acceptors (Lipinski definition) is 5. The molecule has 2 rings (SSSR count). The summed E-state index contributed by atoms with van der Waals surface area (Å²) in [5.74, 6) is 1.18. The fraction of sp³-hybridized carbons (Fsp3) is 0.267. The van der Waals surface area contributed by atoms with Crippen molar-refractivity contribution < 1.29 is 14.3 Å². The largest absolute Gasteiger partial charge is 0.495 e. The molecule has 0 bridgehead atoms. The summed E-state index contributed by atoms with van der Waals surface area (Å²) in [5.41, 5.74) is 0.738. The van der Waals surface area contributed by atoms with E-state index in [1.807, 2.05) is 23.6 Å². The Balaban J connectivity index is 2.00. The van der Waals surface area contributed by atoms with Crippen molar-refractivity contribution in [1.29, 1.82) is 0 Å². The van der Waals surface area contributed by atoms with Crippen molar-refractivity contribution in [3.63, 3.8) is 0 Å². The number of carbonyl (C=O) groups excluding carboxylic acids is 1. The van der Waals surface area contributed by atoms with Crippen LogP contribution in [0.25, 0.3) is 0 Å². The van der Waals surface area contributed by atoms with Crippen LogP contribution in [0.4, 0.5) is 5.69 Å². The molecule has 0 aliphatic rings. The van der Waals surface area contributed by atoms with Crippen molar-refractivity contribution in [3.8, 4) is 11.5 Å². The summed E-state index contributed by atoms with van der Waals surface area (Å²) in [5, 5.41) is 5.48. The Morgan fingerprint density at radius 1 is 1.29 bits per heavy atom. The number of ether oxygens (including phenoxy) is 2. The van der Waals surface area contributed by atoms with Crippen LogP contribution < -0.4 is 14.8 Å². The Bertz CT molecular complexity index is 614. The minimum absolute atomic E-state index is 0.121. The van der Waals surface area contributed by atoms with Gasteiger partial charge in [-0.05, 0) is 23.6 Å². The molecule has 112 valence electrons. The molecule has 1 aromatic heterocycles. The number of rotatable bonds is 7. The second kappa shape index (κ2) is 7.33. The number of thiophene rings is 1. The Hall–Kier alpha value is -1.72. The Morgan fingerprint density at radius 3 is 2.71 bits per heavy atom. The standard InChI is InChI=1S/C15H16ClNO3S/c1-19-12-6-5-10(15(20-2)14(12)16)17-8-7-11(18)13-4-3-9-21-13/h3-6,9,17H,7-8H2,1-2H3. The van der Waals surface area contributed by atoms with Gasteiger partial charge in [0.2, 0.25) is 0 Å². The Kier molecular flexibility index (Phi) is 5.47. The van der Waals surface area contributed by atoms with Gasteiger partial charge in [-0.15, -0.1) is 11.3 Å². The monoisotopic (exact) mass is 325 g/mol. The third-order valence-corrected chi connectivity index (χ3v) is 4.22. The summed E-state index contributed by atoms with van der Waals surface area (Å²) in [4.78, 5) is 12.7. The molecule has 0 aliphatic carbocycles. The van der Waals surface area contributed by atoms with E-state index in [1.54, 1.807) is 20.3 Å². The van der Waals surface area contributed by atoms with Crippen LogP contribution in [-0.2, 0) is 0 Å². The van der Waals surface area contributed by atoms with E-state index in [0.29, 0.717) is 29.5 Å². The van der Waals surface area contributed by atoms with Gasteiger partial charge in [-0.1, -0.05) is 17.7 Å². The zero-order valence-corrected chi connectivity index (χ0v) is 13.4. The molecule has 2 aromatic rings. The highest BCUT2D eigenvalue weighted by molar-refractivity contribution is 7.12. The second-order valence-electron chi connectivity index (χ2n) is 4.24. The van der Waals surface area contributed by atoms with Crippen LogP contribution in [-0.4, -0.2) is 26.5 Å². The van der Waals surface area contributed by atoms with E-state index >= 15 is 0 Å². The van der Waals surface area contributed by atoms with E-state index in [0.717, 1.165) is 10.6 Å². The number of methoxy groups -OCH3 is 2. The molecule has 6 heteroatoms. The molecule has 0 saturated carbocycles. The number of carbonyl (C=O) groups is 1. The van der Waals surface area contributed by atoms with Gasteiger partial charge in [0.25, 0.3) is 0 Å². The molecule has 1 heterocycles. The van der Waals surface area contributed by atoms with Gasteiger partial charge in [0.1, 0.15) is 10.8 Å². The van der Waals surface area contributed by atoms with E-state index in [1.165, 1.54) is 11.3 Å². The molecule has 0 fully saturated rings. The number of Topliss-reactive ketones (excluding diaryl/α,β-unsaturated/α-hetero) is 1. The summed E-state index contributed by atoms with van der Waals surface area (Å²) in [6, 6.07) is 7.28. The summed E-state index contributed by atoms with van der Waals surface area (Å²) < 4.78 is 10.4. The average Bonchev–Trinajstić information content (AvgIpc) is 3.02. The molecule has 0 atom stereocenters. The maximum absolute atomic E-state index is 11.9. The number of ketones is 1. The van der Waals surface area contributed by atoms with E-state index < -0.39 is 0 Å². The maximum atomic E-state index is 11.9. The van der Waals surface area contributed by atoms with Gasteiger partial charge in [-0.2, -0.15) is 0 Å². The molecular formula is C15H16ClNO3S. The Morgan fingerprint density at radius 2 is 2.10 bits per heavy atom. The summed E-state index contributed by atoms with van der Waals surface area (Å²) in [6.07, 6.45) is 0.410. The number of benzene rings is 1. The first-order chi connectivity index (χ1) is 10.2. The van der Waals surface area contributed by atoms with Gasteiger partial charge in [-0.3, -0.25) is 4.79 Å². The minimum atomic E-state index is 0.121. The number of anilines is 1. The van der Waals surface area contributed by atoms with Gasteiger partial charge >= 0.3 is 0 Å². The molecule has 21 heavy (non-hydrogen) atoms. The van der Waals surface area contributed by atoms with Crippen LogP contribution in [0, 0.1) is 0 Å². The first-order valence-corrected chi connectivity index (χ1v) is 7.64. The Labute approximate surface area is 132 Å². The van der Waals surface area contributed by atoms with Crippen LogP contribution in [0.3, 0.4) is 0 Å². The maximum Gasteiger partial charge on any atom is 0.174 e. The van der Waals surface area contributed by atoms with Crippen molar-refractivity contribution >= 4 is 34.4 Å². The van der Waals surface area contributed by atoms with Crippen LogP contribution in [0.1, 0.15) is 16.1 Å². The lowest BCUT2D eigenvalue weighted by atomic mass is 10.2. The predicted molar refractivity (Wildman–Crippen MR) is 86.3 cm³/mol. The van der Waals surface area contributed by atoms with Crippen LogP contribution in [0.5, 0.6) is 11.5 Å². The normalized spacial score (nSPS) is 10.2. The smallest absolute Gasteiger partial charge is 0.174 e. The fourth-order valence-corrected chi connectivity index (χ4v) is 2.92. The summed E-state index contributed by atoms with van der Waals surface area (Å²) >= 11 is 7.63. The molecule has 4 nitrogen and oxygen atoms in total. The molecule has 0 radical (unpaired) electrons. The van der Waals surface area contributed by atoms with Gasteiger partial charge in [0, 0.05) is 13.0 Å². The second-order valence-corrected chi connectivity index (χ2v) is 5.57. The van der Waals surface area contributed by atoms with Crippen LogP contribution in [0.15, 0.2) is 29.6 Å². The summed E-state index contributed by atoms with van der Waals surface area (Å²) in [6.45, 7) is 0.510. The predicted octanol–water partition coefficient (Wildman–Crippen LogP) is 4.10. The number of nitrogens with one attached hydrogen (secondary N) is 1. The molecule has 0 amide bonds. The van der Waals surface area contributed by atoms with Crippen molar-refractivity contribution in [2.75, 3.05) is 26.1 Å². The molecule has 0 aliphatic heterocycles. The number of halogens is 1. The molecule has 0 spiro atoms. The molecule has 0 saturated heterocycles. The summed E-state index contributed by atoms with van der Waals surface area (Å²) in [7, 11) is 3.09. The zero-order valence-electron chi connectivity index (χ0n) is 11.8. The molecule has 0 unspecified atom stereocenters. The minimum Gasteiger partial charge on any atom is -0.495 e. The lowest BCUT2D eigenvalue weighted by Gasteiger charge is -2.14. The lowest BCUT2D eigenvalue weighted by molar-refractivity contribution is 0.0990. The van der Waals surface area contributed by atoms with Crippen molar-refractivity contribution in [2.24, 2.45) is 0 Å². The van der Waals surface area contributed by atoms with Gasteiger partial charge in [0.05, 0.1) is 24.8 Å². The van der Waals surface area contributed by atoms with Crippen LogP contribution >= 0.6 is 22.9 Å². The van der Waals surface area contributed by atoms with Crippen molar-refractivity contribution in [1.82, 2.24) is 0 Å². The van der Waals surface area contributed by atoms with Gasteiger partial charge in [0.15, 0.2) is 11.5 Å². The fourth-order valence-electron chi connectivity index (χ4n) is 1.91. The number of hydrogen-bond donors (Lipinski definition) is 1. The van der Waals surface area contributed by atoms with Gasteiger partial charge < -0.3 is 14.8 Å². The molecule has 1 aromatic carbocycles. The third kappa shape index (κ3) is 3.68. The topological polar surface area (TPSA) is 47.6 Å². The highest BCUT2D eigenvalue weighted by atomic mass is 35.5. The first-order valence-electron chi connectivity index (χ1n) is 6.38. The van der Waals surface area contributed by atoms with E-state index in [2.05, 4.69) is 5.32 Å². The van der Waals surface area contributed by atoms with E-state index in [-0.39, 0.29) is 5.78 Å². The quantitative estimate of drug-likeness (QED) is 0.778. The third-order valence-electron chi connectivity index (χ3n) is 2.95.